The summed E-state index contributed by atoms with van der Waals surface area (Å²) in [5, 5.41) is 11.9. The van der Waals surface area contributed by atoms with Gasteiger partial charge in [0.1, 0.15) is 11.3 Å². The van der Waals surface area contributed by atoms with Crippen molar-refractivity contribution in [1.29, 1.82) is 0 Å². The van der Waals surface area contributed by atoms with Gasteiger partial charge in [0, 0.05) is 19.5 Å². The molecule has 0 fully saturated rings. The summed E-state index contributed by atoms with van der Waals surface area (Å²) in [7, 11) is 0. The Morgan fingerprint density at radius 3 is 2.29 bits per heavy atom. The van der Waals surface area contributed by atoms with Gasteiger partial charge in [-0.15, -0.1) is 0 Å². The van der Waals surface area contributed by atoms with Crippen LogP contribution in [0.1, 0.15) is 20.3 Å². The molecule has 0 spiro atoms. The first kappa shape index (κ1) is 15.8. The molecule has 14 heavy (non-hydrogen) atoms. The Hall–Kier alpha value is -0.697. The maximum atomic E-state index is 11.0. The Morgan fingerprint density at radius 2 is 2.07 bits per heavy atom. The van der Waals surface area contributed by atoms with E-state index in [1.807, 2.05) is 6.92 Å². The summed E-state index contributed by atoms with van der Waals surface area (Å²) in [6.07, 6.45) is 0.592. The average Bonchev–Trinajstić information content (AvgIpc) is 2.25. The van der Waals surface area contributed by atoms with Crippen molar-refractivity contribution in [3.63, 3.8) is 0 Å². The number of ketones is 1. The minimum Gasteiger partial charge on any atom is -0.509 e. The van der Waals surface area contributed by atoms with Crippen molar-refractivity contribution in [3.8, 4) is 0 Å². The van der Waals surface area contributed by atoms with Crippen molar-refractivity contribution >= 4 is 11.7 Å². The number of amides is 1. The van der Waals surface area contributed by atoms with E-state index in [1.165, 1.54) is 6.92 Å². The number of nitrogens with one attached hydrogen (secondary N) is 1. The normalized spacial score (nSPS) is 19.6. The number of rotatable bonds is 2. The Bertz CT molecular complexity index is 273. The SMILES string of the molecule is CCC1NC(=O)C(C(C)=O)=C1O.[CH3-].[Zn]. The number of hydrogen-bond acceptors (Lipinski definition) is 3. The largest absolute Gasteiger partial charge is 0.509 e. The molecule has 1 aliphatic rings. The molecule has 1 aliphatic heterocycles. The quantitative estimate of drug-likeness (QED) is 0.431. The fourth-order valence-corrected chi connectivity index (χ4v) is 1.22. The first-order valence-corrected chi connectivity index (χ1v) is 3.82. The third-order valence-electron chi connectivity index (χ3n) is 1.88. The van der Waals surface area contributed by atoms with Crippen molar-refractivity contribution in [1.82, 2.24) is 5.32 Å². The van der Waals surface area contributed by atoms with E-state index >= 15 is 0 Å². The van der Waals surface area contributed by atoms with Crippen LogP contribution in [0.15, 0.2) is 11.3 Å². The second kappa shape index (κ2) is 5.91. The van der Waals surface area contributed by atoms with Gasteiger partial charge in [-0.3, -0.25) is 9.59 Å². The topological polar surface area (TPSA) is 66.4 Å². The van der Waals surface area contributed by atoms with Gasteiger partial charge in [-0.2, -0.15) is 0 Å². The number of aliphatic hydroxyl groups is 1. The van der Waals surface area contributed by atoms with Gasteiger partial charge in [-0.05, 0) is 13.3 Å². The molecule has 1 amide bonds. The van der Waals surface area contributed by atoms with E-state index < -0.39 is 5.91 Å². The minimum absolute atomic E-state index is 0. The standard InChI is InChI=1S/C8H11NO3.CH3.Zn/c1-3-5-7(11)6(4(2)10)8(12)9-5;;/h5,11H,3H2,1-2H3,(H,9,12);1H3;/q;-1;. The molecule has 5 heteroatoms. The van der Waals surface area contributed by atoms with Crippen LogP contribution in [-0.4, -0.2) is 22.8 Å². The fraction of sp³-hybridized carbons (Fsp3) is 0.444. The molecule has 0 aromatic heterocycles. The molecule has 1 rings (SSSR count). The zero-order chi connectivity index (χ0) is 9.30. The van der Waals surface area contributed by atoms with Crippen LogP contribution < -0.4 is 5.32 Å². The molecular formula is C9H14NO3Zn-. The molecule has 76 valence electrons. The van der Waals surface area contributed by atoms with Gasteiger partial charge in [0.2, 0.25) is 0 Å². The van der Waals surface area contributed by atoms with Crippen molar-refractivity contribution in [2.45, 2.75) is 26.3 Å². The zero-order valence-electron chi connectivity index (χ0n) is 8.76. The van der Waals surface area contributed by atoms with Gasteiger partial charge >= 0.3 is 0 Å². The maximum Gasteiger partial charge on any atom is 0.258 e. The second-order valence-corrected chi connectivity index (χ2v) is 2.75. The number of aliphatic hydroxyl groups excluding tert-OH is 1. The van der Waals surface area contributed by atoms with E-state index in [0.29, 0.717) is 6.42 Å². The minimum atomic E-state index is -0.466. The first-order chi connectivity index (χ1) is 5.57. The number of Topliss-reactive ketones (excluding diaryl/α,β-unsaturated/α-hetero) is 1. The third-order valence-corrected chi connectivity index (χ3v) is 1.88. The van der Waals surface area contributed by atoms with Gasteiger partial charge in [-0.1, -0.05) is 6.92 Å². The van der Waals surface area contributed by atoms with Gasteiger partial charge < -0.3 is 17.8 Å². The van der Waals surface area contributed by atoms with Crippen LogP contribution in [0, 0.1) is 7.43 Å². The summed E-state index contributed by atoms with van der Waals surface area (Å²) in [6, 6.07) is -0.378. The van der Waals surface area contributed by atoms with E-state index in [4.69, 9.17) is 0 Å². The molecule has 1 atom stereocenters. The van der Waals surface area contributed by atoms with Crippen molar-refractivity contribution < 1.29 is 34.2 Å². The van der Waals surface area contributed by atoms with E-state index in [-0.39, 0.29) is 50.1 Å². The molecule has 0 aliphatic carbocycles. The fourth-order valence-electron chi connectivity index (χ4n) is 1.22. The number of carbonyl (C=O) groups excluding carboxylic acids is 2. The van der Waals surface area contributed by atoms with Crippen LogP contribution in [-0.2, 0) is 29.1 Å². The Morgan fingerprint density at radius 1 is 1.57 bits per heavy atom. The van der Waals surface area contributed by atoms with Crippen LogP contribution in [0.3, 0.4) is 0 Å². The molecule has 0 bridgehead atoms. The Labute approximate surface area is 96.5 Å². The monoisotopic (exact) mass is 248 g/mol. The summed E-state index contributed by atoms with van der Waals surface area (Å²) in [5.74, 6) is -0.970. The first-order valence-electron chi connectivity index (χ1n) is 3.82. The molecule has 0 aromatic carbocycles. The van der Waals surface area contributed by atoms with Crippen LogP contribution in [0.4, 0.5) is 0 Å². The second-order valence-electron chi connectivity index (χ2n) is 2.75. The molecule has 2 N–H and O–H groups in total. The summed E-state index contributed by atoms with van der Waals surface area (Å²) in [4.78, 5) is 21.9. The number of hydrogen-bond donors (Lipinski definition) is 2. The number of carbonyl (C=O) groups is 2. The van der Waals surface area contributed by atoms with E-state index in [2.05, 4.69) is 5.32 Å². The molecule has 1 heterocycles. The van der Waals surface area contributed by atoms with Gasteiger partial charge in [0.05, 0.1) is 6.04 Å². The molecule has 0 aromatic rings. The van der Waals surface area contributed by atoms with Crippen LogP contribution >= 0.6 is 0 Å². The Balaban J connectivity index is 0. The van der Waals surface area contributed by atoms with Gasteiger partial charge in [0.25, 0.3) is 5.91 Å². The van der Waals surface area contributed by atoms with Crippen LogP contribution in [0.2, 0.25) is 0 Å². The Kier molecular flexibility index (Phi) is 6.66. The molecule has 4 nitrogen and oxygen atoms in total. The summed E-state index contributed by atoms with van der Waals surface area (Å²) in [6.45, 7) is 3.09. The van der Waals surface area contributed by atoms with Gasteiger partial charge in [-0.25, -0.2) is 0 Å². The van der Waals surface area contributed by atoms with Crippen molar-refractivity contribution in [2.75, 3.05) is 0 Å². The maximum absolute atomic E-state index is 11.0. The average molecular weight is 250 g/mol. The predicted molar refractivity (Wildman–Crippen MR) is 49.0 cm³/mol. The predicted octanol–water partition coefficient (Wildman–Crippen LogP) is 0.744. The molecule has 0 radical (unpaired) electrons. The summed E-state index contributed by atoms with van der Waals surface area (Å²) in [5.41, 5.74) is -0.0955. The summed E-state index contributed by atoms with van der Waals surface area (Å²) >= 11 is 0. The summed E-state index contributed by atoms with van der Waals surface area (Å²) < 4.78 is 0. The van der Waals surface area contributed by atoms with Gasteiger partial charge in [0.15, 0.2) is 5.78 Å². The smallest absolute Gasteiger partial charge is 0.258 e. The van der Waals surface area contributed by atoms with Crippen LogP contribution in [0.25, 0.3) is 0 Å². The van der Waals surface area contributed by atoms with E-state index in [0.717, 1.165) is 0 Å². The molecule has 0 saturated carbocycles. The van der Waals surface area contributed by atoms with Crippen molar-refractivity contribution in [2.24, 2.45) is 0 Å². The van der Waals surface area contributed by atoms with E-state index in [9.17, 15) is 14.7 Å². The zero-order valence-corrected chi connectivity index (χ0v) is 11.7. The van der Waals surface area contributed by atoms with E-state index in [1.54, 1.807) is 0 Å². The molecule has 1 unspecified atom stereocenters. The third kappa shape index (κ3) is 2.64. The van der Waals surface area contributed by atoms with Crippen molar-refractivity contribution in [3.05, 3.63) is 18.8 Å². The molecule has 0 saturated heterocycles. The van der Waals surface area contributed by atoms with Crippen LogP contribution in [0.5, 0.6) is 0 Å². The molecular weight excluding hydrogens is 235 g/mol.